The Hall–Kier alpha value is -7.23. The molecule has 0 aromatic heterocycles. The van der Waals surface area contributed by atoms with Crippen LogP contribution in [-0.4, -0.2) is 123 Å². The topological polar surface area (TPSA) is 356 Å². The highest BCUT2D eigenvalue weighted by atomic mass is 16.5. The van der Waals surface area contributed by atoms with Crippen LogP contribution in [0.2, 0.25) is 0 Å². The first kappa shape index (κ1) is 57.9. The minimum atomic E-state index is -1.83. The highest BCUT2D eigenvalue weighted by Crippen LogP contribution is 2.15. The summed E-state index contributed by atoms with van der Waals surface area (Å²) in [5, 5.41) is 42.7. The number of rotatable bonds is 32. The molecule has 0 spiro atoms. The van der Waals surface area contributed by atoms with Crippen molar-refractivity contribution in [2.45, 2.75) is 148 Å². The van der Waals surface area contributed by atoms with Crippen LogP contribution in [0, 0.1) is 12.8 Å². The van der Waals surface area contributed by atoms with Crippen molar-refractivity contribution >= 4 is 65.0 Å². The van der Waals surface area contributed by atoms with Gasteiger partial charge in [-0.25, -0.2) is 0 Å². The lowest BCUT2D eigenvalue weighted by Gasteiger charge is -2.30. The molecule has 7 amide bonds. The standard InChI is InChI=1S/C47H65N7O15/c1-6-7-17-31(41(62)42(48)63)50-44(65)33(22-26(2)3)53-47(68)40(28(5)69-25-29-14-9-8-10-15-29)54-46(67)34(23-30-16-12-11-13-27(30)4)52-43(64)32(18-20-37(56)57)51-45(66)35(24-39(60)61)49-36(55)19-21-38(58)59/h8-16,26,28,31-35,40H,6-7,17-25H2,1-5H3,(H2,48,63)(H,49,55)(H,50,65)(H,51,66)(H,52,64)(H,53,68)(H,54,67)(H,56,57)(H,58,59)(H,60,61)/t28?,31?,32-,33-,34-,35-,40-/m0/s1. The number of carbonyl (C=O) groups is 11. The van der Waals surface area contributed by atoms with Crippen molar-refractivity contribution in [1.29, 1.82) is 0 Å². The van der Waals surface area contributed by atoms with Crippen molar-refractivity contribution in [3.8, 4) is 0 Å². The number of carbonyl (C=O) groups excluding carboxylic acids is 8. The second-order valence-corrected chi connectivity index (χ2v) is 16.9. The molecule has 2 aromatic rings. The van der Waals surface area contributed by atoms with Crippen LogP contribution in [0.3, 0.4) is 0 Å². The Morgan fingerprint density at radius 2 is 1.14 bits per heavy atom. The summed E-state index contributed by atoms with van der Waals surface area (Å²) in [4.78, 5) is 142. The van der Waals surface area contributed by atoms with Gasteiger partial charge in [-0.05, 0) is 55.7 Å². The van der Waals surface area contributed by atoms with Crippen molar-refractivity contribution in [1.82, 2.24) is 31.9 Å². The number of hydrogen-bond donors (Lipinski definition) is 10. The quantitative estimate of drug-likeness (QED) is 0.0448. The molecular formula is C47H65N7O15. The molecule has 0 radical (unpaired) electrons. The van der Waals surface area contributed by atoms with E-state index in [0.29, 0.717) is 29.5 Å². The number of aryl methyl sites for hydroxylation is 1. The van der Waals surface area contributed by atoms with Crippen molar-refractivity contribution < 1.29 is 72.8 Å². The Kier molecular flexibility index (Phi) is 24.8. The number of ether oxygens (including phenoxy) is 1. The lowest BCUT2D eigenvalue weighted by atomic mass is 9.98. The maximum atomic E-state index is 14.6. The normalized spacial score (nSPS) is 14.0. The first-order valence-electron chi connectivity index (χ1n) is 22.5. The molecule has 0 bridgehead atoms. The van der Waals surface area contributed by atoms with Gasteiger partial charge in [-0.2, -0.15) is 0 Å². The summed E-state index contributed by atoms with van der Waals surface area (Å²) in [5.74, 6) is -12.8. The SMILES string of the molecule is CCCCC(NC(=O)[C@H](CC(C)C)NC(=O)[C@@H](NC(=O)[C@H](Cc1ccccc1C)NC(=O)[C@H](CCC(=O)O)NC(=O)[C@H](CC(=O)O)NC(=O)CCC(=O)O)C(C)OCc1ccccc1)C(=O)C(N)=O. The van der Waals surface area contributed by atoms with E-state index >= 15 is 0 Å². The van der Waals surface area contributed by atoms with Crippen LogP contribution < -0.4 is 37.6 Å². The van der Waals surface area contributed by atoms with Gasteiger partial charge in [0, 0.05) is 19.3 Å². The number of carboxylic acid groups (broad SMARTS) is 3. The third-order valence-corrected chi connectivity index (χ3v) is 10.7. The zero-order valence-electron chi connectivity index (χ0n) is 39.4. The maximum Gasteiger partial charge on any atom is 0.305 e. The van der Waals surface area contributed by atoms with Crippen LogP contribution in [0.1, 0.15) is 102 Å². The number of aliphatic carboxylic acids is 3. The summed E-state index contributed by atoms with van der Waals surface area (Å²) < 4.78 is 6.08. The number of hydrogen-bond acceptors (Lipinski definition) is 12. The number of benzene rings is 2. The van der Waals surface area contributed by atoms with E-state index in [-0.39, 0.29) is 31.8 Å². The van der Waals surface area contributed by atoms with Gasteiger partial charge in [-0.1, -0.05) is 88.2 Å². The number of ketones is 1. The van der Waals surface area contributed by atoms with E-state index in [1.807, 2.05) is 6.92 Å². The minimum Gasteiger partial charge on any atom is -0.481 e. The number of nitrogens with one attached hydrogen (secondary N) is 6. The number of nitrogens with two attached hydrogens (primary N) is 1. The fraction of sp³-hybridized carbons (Fsp3) is 0.511. The molecule has 0 heterocycles. The van der Waals surface area contributed by atoms with Crippen LogP contribution in [-0.2, 0) is 70.5 Å². The van der Waals surface area contributed by atoms with Crippen molar-refractivity contribution in [3.63, 3.8) is 0 Å². The highest BCUT2D eigenvalue weighted by molar-refractivity contribution is 6.37. The Bertz CT molecular complexity index is 2130. The van der Waals surface area contributed by atoms with Crippen LogP contribution in [0.25, 0.3) is 0 Å². The zero-order chi connectivity index (χ0) is 51.8. The van der Waals surface area contributed by atoms with Gasteiger partial charge in [0.05, 0.1) is 31.6 Å². The van der Waals surface area contributed by atoms with Gasteiger partial charge in [0.15, 0.2) is 0 Å². The molecule has 0 fully saturated rings. The predicted octanol–water partition coefficient (Wildman–Crippen LogP) is 0.547. The molecule has 0 saturated heterocycles. The molecule has 378 valence electrons. The number of amides is 7. The van der Waals surface area contributed by atoms with Gasteiger partial charge < -0.3 is 57.7 Å². The van der Waals surface area contributed by atoms with Gasteiger partial charge >= 0.3 is 17.9 Å². The van der Waals surface area contributed by atoms with Gasteiger partial charge in [0.2, 0.25) is 41.2 Å². The lowest BCUT2D eigenvalue weighted by molar-refractivity contribution is -0.142. The molecule has 7 atom stereocenters. The largest absolute Gasteiger partial charge is 0.481 e. The van der Waals surface area contributed by atoms with E-state index in [1.54, 1.807) is 75.4 Å². The van der Waals surface area contributed by atoms with Gasteiger partial charge in [-0.3, -0.25) is 52.7 Å². The molecule has 2 aromatic carbocycles. The summed E-state index contributed by atoms with van der Waals surface area (Å²) >= 11 is 0. The van der Waals surface area contributed by atoms with Crippen LogP contribution in [0.15, 0.2) is 54.6 Å². The minimum absolute atomic E-state index is 0.0386. The zero-order valence-corrected chi connectivity index (χ0v) is 39.4. The summed E-state index contributed by atoms with van der Waals surface area (Å²) in [6, 6.07) is 6.28. The average molecular weight is 968 g/mol. The summed E-state index contributed by atoms with van der Waals surface area (Å²) in [6.45, 7) is 8.57. The molecule has 0 aliphatic heterocycles. The number of carboxylic acids is 3. The molecule has 11 N–H and O–H groups in total. The second-order valence-electron chi connectivity index (χ2n) is 16.9. The number of primary amides is 1. The summed E-state index contributed by atoms with van der Waals surface area (Å²) in [5.41, 5.74) is 7.19. The molecule has 0 aliphatic rings. The molecule has 69 heavy (non-hydrogen) atoms. The third-order valence-electron chi connectivity index (χ3n) is 10.7. The Balaban J connectivity index is 2.61. The van der Waals surface area contributed by atoms with Crippen LogP contribution >= 0.6 is 0 Å². The first-order chi connectivity index (χ1) is 32.5. The first-order valence-corrected chi connectivity index (χ1v) is 22.5. The highest BCUT2D eigenvalue weighted by Gasteiger charge is 2.37. The predicted molar refractivity (Wildman–Crippen MR) is 246 cm³/mol. The van der Waals surface area contributed by atoms with E-state index in [9.17, 15) is 63.0 Å². The Morgan fingerprint density at radius 1 is 0.594 bits per heavy atom. The van der Waals surface area contributed by atoms with Gasteiger partial charge in [0.25, 0.3) is 5.91 Å². The fourth-order valence-corrected chi connectivity index (χ4v) is 6.85. The van der Waals surface area contributed by atoms with Crippen LogP contribution in [0.4, 0.5) is 0 Å². The Labute approximate surface area is 399 Å². The molecule has 22 heteroatoms. The number of Topliss-reactive ketones (excluding diaryl/α,β-unsaturated/α-hetero) is 1. The van der Waals surface area contributed by atoms with Crippen molar-refractivity contribution in [2.75, 3.05) is 0 Å². The van der Waals surface area contributed by atoms with Gasteiger partial charge in [0.1, 0.15) is 30.2 Å². The van der Waals surface area contributed by atoms with Crippen molar-refractivity contribution in [3.05, 3.63) is 71.3 Å². The number of unbranched alkanes of at least 4 members (excludes halogenated alkanes) is 1. The monoisotopic (exact) mass is 967 g/mol. The van der Waals surface area contributed by atoms with E-state index in [4.69, 9.17) is 15.6 Å². The third kappa shape index (κ3) is 21.5. The smallest absolute Gasteiger partial charge is 0.305 e. The molecule has 0 aliphatic carbocycles. The van der Waals surface area contributed by atoms with Crippen LogP contribution in [0.5, 0.6) is 0 Å². The van der Waals surface area contributed by atoms with Crippen molar-refractivity contribution in [2.24, 2.45) is 11.7 Å². The van der Waals surface area contributed by atoms with E-state index in [0.717, 1.165) is 0 Å². The Morgan fingerprint density at radius 3 is 1.72 bits per heavy atom. The van der Waals surface area contributed by atoms with Gasteiger partial charge in [-0.15, -0.1) is 0 Å². The van der Waals surface area contributed by atoms with E-state index in [1.165, 1.54) is 6.92 Å². The molecule has 2 rings (SSSR count). The maximum absolute atomic E-state index is 14.6. The molecular weight excluding hydrogens is 903 g/mol. The molecule has 0 saturated carbocycles. The van der Waals surface area contributed by atoms with E-state index in [2.05, 4.69) is 31.9 Å². The average Bonchev–Trinajstić information content (AvgIpc) is 3.28. The molecule has 22 nitrogen and oxygen atoms in total. The second kappa shape index (κ2) is 29.5. The summed E-state index contributed by atoms with van der Waals surface area (Å²) in [7, 11) is 0. The summed E-state index contributed by atoms with van der Waals surface area (Å²) in [6.07, 6.45) is -3.71. The lowest BCUT2D eigenvalue weighted by Crippen LogP contribution is -2.62. The van der Waals surface area contributed by atoms with E-state index < -0.39 is 140 Å². The fourth-order valence-electron chi connectivity index (χ4n) is 6.85. The molecule has 2 unspecified atom stereocenters.